The molecule has 0 bridgehead atoms. The molecule has 1 saturated heterocycles. The molecule has 0 radical (unpaired) electrons. The highest BCUT2D eigenvalue weighted by Gasteiger charge is 2.24. The van der Waals surface area contributed by atoms with E-state index in [1.807, 2.05) is 5.51 Å². The topological polar surface area (TPSA) is 28.2 Å². The number of hydrogen-bond donors (Lipinski definition) is 1. The van der Waals surface area contributed by atoms with Gasteiger partial charge in [0.25, 0.3) is 0 Å². The van der Waals surface area contributed by atoms with Crippen LogP contribution in [0, 0.1) is 5.92 Å². The van der Waals surface area contributed by atoms with Gasteiger partial charge in [0.1, 0.15) is 0 Å². The van der Waals surface area contributed by atoms with Crippen molar-refractivity contribution in [2.75, 3.05) is 26.2 Å². The first-order valence-corrected chi connectivity index (χ1v) is 7.03. The van der Waals surface area contributed by atoms with Crippen LogP contribution in [-0.4, -0.2) is 42.1 Å². The molecule has 0 aromatic carbocycles. The van der Waals surface area contributed by atoms with Crippen molar-refractivity contribution in [1.29, 1.82) is 0 Å². The number of hydrogen-bond acceptors (Lipinski definition) is 4. The van der Waals surface area contributed by atoms with Gasteiger partial charge in [-0.25, -0.2) is 4.98 Å². The highest BCUT2D eigenvalue weighted by atomic mass is 32.1. The van der Waals surface area contributed by atoms with Crippen molar-refractivity contribution in [3.63, 3.8) is 0 Å². The molecular weight excluding hydrogens is 218 g/mol. The molecule has 1 atom stereocenters. The molecule has 1 aromatic rings. The molecule has 3 nitrogen and oxygen atoms in total. The van der Waals surface area contributed by atoms with E-state index in [9.17, 15) is 0 Å². The lowest BCUT2D eigenvalue weighted by Crippen LogP contribution is -2.53. The third kappa shape index (κ3) is 3.03. The minimum atomic E-state index is 0.687. The summed E-state index contributed by atoms with van der Waals surface area (Å²) in [6.45, 7) is 9.21. The van der Waals surface area contributed by atoms with E-state index in [0.29, 0.717) is 6.04 Å². The third-order valence-electron chi connectivity index (χ3n) is 3.31. The molecule has 2 rings (SSSR count). The number of piperazine rings is 1. The largest absolute Gasteiger partial charge is 0.314 e. The van der Waals surface area contributed by atoms with E-state index in [-0.39, 0.29) is 0 Å². The number of thiazole rings is 1. The maximum atomic E-state index is 4.35. The maximum absolute atomic E-state index is 4.35. The standard InChI is InChI=1S/C12H21N3S/c1-10(2)12-7-13-4-6-15(12)5-3-11-8-16-9-14-11/h8-10,12-13H,3-7H2,1-2H3. The summed E-state index contributed by atoms with van der Waals surface area (Å²) in [6, 6.07) is 0.687. The van der Waals surface area contributed by atoms with Crippen LogP contribution in [0.3, 0.4) is 0 Å². The van der Waals surface area contributed by atoms with Crippen molar-refractivity contribution in [2.45, 2.75) is 26.3 Å². The van der Waals surface area contributed by atoms with Gasteiger partial charge in [0.15, 0.2) is 0 Å². The van der Waals surface area contributed by atoms with Gasteiger partial charge in [0, 0.05) is 44.0 Å². The summed E-state index contributed by atoms with van der Waals surface area (Å²) in [5.41, 5.74) is 3.17. The van der Waals surface area contributed by atoms with Crippen LogP contribution in [0.25, 0.3) is 0 Å². The highest BCUT2D eigenvalue weighted by Crippen LogP contribution is 2.13. The lowest BCUT2D eigenvalue weighted by molar-refractivity contribution is 0.126. The zero-order chi connectivity index (χ0) is 11.4. The summed E-state index contributed by atoms with van der Waals surface area (Å²) in [5.74, 6) is 0.725. The zero-order valence-corrected chi connectivity index (χ0v) is 11.0. The summed E-state index contributed by atoms with van der Waals surface area (Å²) in [5, 5.41) is 5.64. The first kappa shape index (κ1) is 12.0. The predicted octanol–water partition coefficient (Wildman–Crippen LogP) is 1.62. The number of nitrogens with zero attached hydrogens (tertiary/aromatic N) is 2. The summed E-state index contributed by atoms with van der Waals surface area (Å²) < 4.78 is 0. The van der Waals surface area contributed by atoms with Gasteiger partial charge in [-0.15, -0.1) is 11.3 Å². The molecule has 16 heavy (non-hydrogen) atoms. The fourth-order valence-corrected chi connectivity index (χ4v) is 2.91. The Hall–Kier alpha value is -0.450. The molecule has 90 valence electrons. The van der Waals surface area contributed by atoms with Gasteiger partial charge in [0.05, 0.1) is 11.2 Å². The normalized spacial score (nSPS) is 22.8. The van der Waals surface area contributed by atoms with Gasteiger partial charge in [-0.3, -0.25) is 4.90 Å². The van der Waals surface area contributed by atoms with E-state index < -0.39 is 0 Å². The SMILES string of the molecule is CC(C)C1CNCCN1CCc1cscn1. The predicted molar refractivity (Wildman–Crippen MR) is 68.9 cm³/mol. The monoisotopic (exact) mass is 239 g/mol. The first-order chi connectivity index (χ1) is 7.77. The summed E-state index contributed by atoms with van der Waals surface area (Å²) in [4.78, 5) is 6.96. The second-order valence-corrected chi connectivity index (χ2v) is 5.50. The second kappa shape index (κ2) is 5.75. The molecule has 0 amide bonds. The van der Waals surface area contributed by atoms with Gasteiger partial charge in [-0.1, -0.05) is 13.8 Å². The molecule has 1 fully saturated rings. The average Bonchev–Trinajstić information content (AvgIpc) is 2.79. The summed E-state index contributed by atoms with van der Waals surface area (Å²) in [6.07, 6.45) is 1.09. The minimum Gasteiger partial charge on any atom is -0.314 e. The van der Waals surface area contributed by atoms with Crippen molar-refractivity contribution in [2.24, 2.45) is 5.92 Å². The Balaban J connectivity index is 1.86. The molecule has 2 heterocycles. The van der Waals surface area contributed by atoms with Crippen molar-refractivity contribution >= 4 is 11.3 Å². The van der Waals surface area contributed by atoms with Crippen LogP contribution >= 0.6 is 11.3 Å². The minimum absolute atomic E-state index is 0.687. The first-order valence-electron chi connectivity index (χ1n) is 6.09. The van der Waals surface area contributed by atoms with E-state index in [1.165, 1.54) is 12.2 Å². The molecule has 1 aliphatic rings. The number of aromatic nitrogens is 1. The van der Waals surface area contributed by atoms with Gasteiger partial charge in [-0.2, -0.15) is 0 Å². The van der Waals surface area contributed by atoms with Crippen molar-refractivity contribution in [3.8, 4) is 0 Å². The maximum Gasteiger partial charge on any atom is 0.0794 e. The Morgan fingerprint density at radius 1 is 1.62 bits per heavy atom. The molecular formula is C12H21N3S. The van der Waals surface area contributed by atoms with Gasteiger partial charge < -0.3 is 5.32 Å². The van der Waals surface area contributed by atoms with E-state index in [1.54, 1.807) is 11.3 Å². The smallest absolute Gasteiger partial charge is 0.0794 e. The van der Waals surface area contributed by atoms with Crippen LogP contribution in [0.15, 0.2) is 10.9 Å². The van der Waals surface area contributed by atoms with Crippen LogP contribution in [0.5, 0.6) is 0 Å². The molecule has 1 aliphatic heterocycles. The van der Waals surface area contributed by atoms with Crippen molar-refractivity contribution in [1.82, 2.24) is 15.2 Å². The fraction of sp³-hybridized carbons (Fsp3) is 0.750. The van der Waals surface area contributed by atoms with Crippen molar-refractivity contribution < 1.29 is 0 Å². The van der Waals surface area contributed by atoms with Crippen LogP contribution in [0.2, 0.25) is 0 Å². The van der Waals surface area contributed by atoms with E-state index in [4.69, 9.17) is 0 Å². The van der Waals surface area contributed by atoms with Crippen LogP contribution in [-0.2, 0) is 6.42 Å². The Kier molecular flexibility index (Phi) is 4.32. The van der Waals surface area contributed by atoms with Gasteiger partial charge in [-0.05, 0) is 5.92 Å². The molecule has 1 N–H and O–H groups in total. The summed E-state index contributed by atoms with van der Waals surface area (Å²) in [7, 11) is 0. The second-order valence-electron chi connectivity index (χ2n) is 4.78. The quantitative estimate of drug-likeness (QED) is 0.865. The molecule has 1 unspecified atom stereocenters. The lowest BCUT2D eigenvalue weighted by Gasteiger charge is -2.38. The van der Waals surface area contributed by atoms with E-state index in [0.717, 1.165) is 32.0 Å². The van der Waals surface area contributed by atoms with Gasteiger partial charge in [0.2, 0.25) is 0 Å². The average molecular weight is 239 g/mol. The zero-order valence-electron chi connectivity index (χ0n) is 10.1. The molecule has 1 aromatic heterocycles. The molecule has 0 spiro atoms. The molecule has 4 heteroatoms. The fourth-order valence-electron chi connectivity index (χ4n) is 2.32. The molecule has 0 saturated carbocycles. The summed E-state index contributed by atoms with van der Waals surface area (Å²) >= 11 is 1.69. The van der Waals surface area contributed by atoms with Crippen molar-refractivity contribution in [3.05, 3.63) is 16.6 Å². The third-order valence-corrected chi connectivity index (χ3v) is 3.94. The lowest BCUT2D eigenvalue weighted by atomic mass is 10.0. The Labute approximate surface area is 102 Å². The van der Waals surface area contributed by atoms with Crippen LogP contribution in [0.1, 0.15) is 19.5 Å². The number of rotatable bonds is 4. The van der Waals surface area contributed by atoms with E-state index >= 15 is 0 Å². The Morgan fingerprint density at radius 2 is 2.50 bits per heavy atom. The molecule has 0 aliphatic carbocycles. The van der Waals surface area contributed by atoms with Crippen LogP contribution < -0.4 is 5.32 Å². The Morgan fingerprint density at radius 3 is 3.19 bits per heavy atom. The highest BCUT2D eigenvalue weighted by molar-refractivity contribution is 7.07. The number of nitrogens with one attached hydrogen (secondary N) is 1. The van der Waals surface area contributed by atoms with Gasteiger partial charge >= 0.3 is 0 Å². The van der Waals surface area contributed by atoms with E-state index in [2.05, 4.69) is 34.4 Å². The van der Waals surface area contributed by atoms with Crippen LogP contribution in [0.4, 0.5) is 0 Å². The Bertz CT molecular complexity index is 297.